The Kier molecular flexibility index (Phi) is 6.12. The number of hydrogen-bond donors (Lipinski definition) is 2. The third-order valence-corrected chi connectivity index (χ3v) is 6.63. The maximum atomic E-state index is 13.6. The number of carbonyl (C=O) groups is 2. The van der Waals surface area contributed by atoms with Gasteiger partial charge in [-0.3, -0.25) is 14.6 Å². The number of rotatable bonds is 5. The number of allylic oxidation sites excluding steroid dienone is 1. The molecule has 6 heteroatoms. The second-order valence-electron chi connectivity index (χ2n) is 10.0. The van der Waals surface area contributed by atoms with Gasteiger partial charge in [-0.2, -0.15) is 0 Å². The zero-order valence-corrected chi connectivity index (χ0v) is 20.1. The number of amides is 1. The number of carbonyl (C=O) groups excluding carboxylic acids is 2. The lowest BCUT2D eigenvalue weighted by Crippen LogP contribution is -2.42. The van der Waals surface area contributed by atoms with Gasteiger partial charge in [0, 0.05) is 23.9 Å². The summed E-state index contributed by atoms with van der Waals surface area (Å²) in [5.41, 5.74) is 5.16. The molecule has 0 fully saturated rings. The molecule has 0 saturated heterocycles. The van der Waals surface area contributed by atoms with E-state index >= 15 is 0 Å². The van der Waals surface area contributed by atoms with Gasteiger partial charge in [-0.1, -0.05) is 62.4 Å². The summed E-state index contributed by atoms with van der Waals surface area (Å²) >= 11 is 0. The quantitative estimate of drug-likeness (QED) is 0.553. The molecule has 1 amide bonds. The predicted molar refractivity (Wildman–Crippen MR) is 138 cm³/mol. The van der Waals surface area contributed by atoms with E-state index in [4.69, 9.17) is 0 Å². The molecule has 0 radical (unpaired) electrons. The molecule has 1 atom stereocenters. The monoisotopic (exact) mass is 466 g/mol. The van der Waals surface area contributed by atoms with E-state index in [1.165, 1.54) is 0 Å². The smallest absolute Gasteiger partial charge is 0.239 e. The molecule has 2 N–H and O–H groups in total. The summed E-state index contributed by atoms with van der Waals surface area (Å²) in [4.78, 5) is 33.2. The van der Waals surface area contributed by atoms with E-state index in [9.17, 15) is 9.59 Å². The van der Waals surface area contributed by atoms with Gasteiger partial charge >= 0.3 is 0 Å². The van der Waals surface area contributed by atoms with Crippen LogP contribution in [0.2, 0.25) is 0 Å². The van der Waals surface area contributed by atoms with Gasteiger partial charge in [0.15, 0.2) is 5.78 Å². The van der Waals surface area contributed by atoms with Crippen LogP contribution in [0.5, 0.6) is 0 Å². The highest BCUT2D eigenvalue weighted by Gasteiger charge is 2.41. The van der Waals surface area contributed by atoms with Crippen LogP contribution in [0.1, 0.15) is 44.0 Å². The number of nitrogens with zero attached hydrogens (tertiary/aromatic N) is 2. The largest absolute Gasteiger partial charge is 0.357 e. The van der Waals surface area contributed by atoms with Gasteiger partial charge in [0.1, 0.15) is 0 Å². The number of aromatic nitrogens is 1. The van der Waals surface area contributed by atoms with Gasteiger partial charge in [-0.15, -0.1) is 0 Å². The molecule has 1 aliphatic carbocycles. The molecule has 3 aromatic rings. The number of hydrogen-bond acceptors (Lipinski definition) is 5. The highest BCUT2D eigenvalue weighted by Crippen LogP contribution is 2.48. The molecule has 2 aromatic carbocycles. The van der Waals surface area contributed by atoms with Crippen molar-refractivity contribution in [1.82, 2.24) is 10.3 Å². The molecule has 178 valence electrons. The van der Waals surface area contributed by atoms with Crippen molar-refractivity contribution in [2.75, 3.05) is 16.8 Å². The van der Waals surface area contributed by atoms with Gasteiger partial charge in [-0.25, -0.2) is 0 Å². The number of Topliss-reactive ketones (excluding diaryl/α,β-unsaturated/α-hetero) is 1. The molecule has 1 aliphatic heterocycles. The Balaban J connectivity index is 1.57. The lowest BCUT2D eigenvalue weighted by Gasteiger charge is -2.37. The Hall–Kier alpha value is -3.93. The van der Waals surface area contributed by atoms with Crippen molar-refractivity contribution < 1.29 is 9.59 Å². The minimum atomic E-state index is -0.369. The fraction of sp³-hybridized carbons (Fsp3) is 0.276. The van der Waals surface area contributed by atoms with Crippen LogP contribution >= 0.6 is 0 Å². The number of anilines is 2. The fourth-order valence-electron chi connectivity index (χ4n) is 5.11. The second kappa shape index (κ2) is 9.37. The fourth-order valence-corrected chi connectivity index (χ4v) is 5.11. The van der Waals surface area contributed by atoms with Crippen LogP contribution in [-0.4, -0.2) is 23.2 Å². The number of benzene rings is 2. The summed E-state index contributed by atoms with van der Waals surface area (Å²) in [6.07, 6.45) is 2.96. The Bertz CT molecular complexity index is 1270. The highest BCUT2D eigenvalue weighted by atomic mass is 16.2. The number of para-hydroxylation sites is 2. The minimum Gasteiger partial charge on any atom is -0.357 e. The van der Waals surface area contributed by atoms with E-state index < -0.39 is 0 Å². The molecule has 0 bridgehead atoms. The first-order valence-corrected chi connectivity index (χ1v) is 12.0. The molecular weight excluding hydrogens is 436 g/mol. The molecule has 0 unspecified atom stereocenters. The van der Waals surface area contributed by atoms with E-state index in [0.717, 1.165) is 40.3 Å². The molecule has 2 aliphatic rings. The molecule has 2 heterocycles. The number of pyridine rings is 1. The van der Waals surface area contributed by atoms with Crippen molar-refractivity contribution in [3.63, 3.8) is 0 Å². The lowest BCUT2D eigenvalue weighted by molar-refractivity contribution is -0.121. The summed E-state index contributed by atoms with van der Waals surface area (Å²) in [7, 11) is 0. The van der Waals surface area contributed by atoms with Crippen LogP contribution in [-0.2, 0) is 16.1 Å². The van der Waals surface area contributed by atoms with Crippen molar-refractivity contribution in [3.05, 3.63) is 102 Å². The van der Waals surface area contributed by atoms with E-state index in [1.54, 1.807) is 6.20 Å². The van der Waals surface area contributed by atoms with Crippen molar-refractivity contribution in [1.29, 1.82) is 0 Å². The summed E-state index contributed by atoms with van der Waals surface area (Å²) in [6.45, 7) is 4.73. The predicted octanol–water partition coefficient (Wildman–Crippen LogP) is 5.01. The third kappa shape index (κ3) is 4.83. The second-order valence-corrected chi connectivity index (χ2v) is 10.0. The maximum Gasteiger partial charge on any atom is 0.239 e. The number of fused-ring (bicyclic) bond motifs is 1. The first kappa shape index (κ1) is 22.8. The topological polar surface area (TPSA) is 74.3 Å². The van der Waals surface area contributed by atoms with Crippen molar-refractivity contribution in [2.24, 2.45) is 5.41 Å². The first-order valence-electron chi connectivity index (χ1n) is 12.0. The van der Waals surface area contributed by atoms with Gasteiger partial charge in [-0.05, 0) is 41.7 Å². The van der Waals surface area contributed by atoms with Gasteiger partial charge in [0.05, 0.1) is 36.2 Å². The summed E-state index contributed by atoms with van der Waals surface area (Å²) < 4.78 is 0. The Labute approximate surface area is 206 Å². The standard InChI is InChI=1S/C29H30N4O2/c1-29(2)16-23-27(25(34)17-29)28(20-10-4-3-5-11-20)33(24-14-7-6-13-22(24)32-23)19-26(35)31-18-21-12-8-9-15-30-21/h3-15,28,32H,16-19H2,1-2H3,(H,31,35)/t28-/m0/s1. The van der Waals surface area contributed by atoms with Gasteiger partial charge < -0.3 is 15.5 Å². The van der Waals surface area contributed by atoms with E-state index in [1.807, 2.05) is 72.8 Å². The van der Waals surface area contributed by atoms with Gasteiger partial charge in [0.25, 0.3) is 0 Å². The normalized spacial score (nSPS) is 18.7. The number of nitrogens with one attached hydrogen (secondary N) is 2. The zero-order valence-electron chi connectivity index (χ0n) is 20.1. The average Bonchev–Trinajstić information content (AvgIpc) is 2.98. The van der Waals surface area contributed by atoms with Crippen LogP contribution in [0.15, 0.2) is 90.3 Å². The Morgan fingerprint density at radius 1 is 1.03 bits per heavy atom. The molecular formula is C29H30N4O2. The summed E-state index contributed by atoms with van der Waals surface area (Å²) in [5, 5.41) is 6.59. The van der Waals surface area contributed by atoms with Crippen LogP contribution < -0.4 is 15.5 Å². The lowest BCUT2D eigenvalue weighted by atomic mass is 9.73. The molecule has 6 nitrogen and oxygen atoms in total. The minimum absolute atomic E-state index is 0.110. The number of ketones is 1. The van der Waals surface area contributed by atoms with Crippen LogP contribution in [0.3, 0.4) is 0 Å². The molecule has 1 aromatic heterocycles. The third-order valence-electron chi connectivity index (χ3n) is 6.63. The molecule has 0 spiro atoms. The van der Waals surface area contributed by atoms with Crippen molar-refractivity contribution in [2.45, 2.75) is 39.3 Å². The Morgan fingerprint density at radius 2 is 1.77 bits per heavy atom. The maximum absolute atomic E-state index is 13.6. The first-order chi connectivity index (χ1) is 16.9. The zero-order chi connectivity index (χ0) is 24.4. The molecule has 0 saturated carbocycles. The average molecular weight is 467 g/mol. The molecule has 5 rings (SSSR count). The molecule has 35 heavy (non-hydrogen) atoms. The van der Waals surface area contributed by atoms with Crippen molar-refractivity contribution in [3.8, 4) is 0 Å². The Morgan fingerprint density at radius 3 is 2.54 bits per heavy atom. The summed E-state index contributed by atoms with van der Waals surface area (Å²) in [6, 6.07) is 23.3. The van der Waals surface area contributed by atoms with Crippen LogP contribution in [0, 0.1) is 5.41 Å². The van der Waals surface area contributed by atoms with Gasteiger partial charge in [0.2, 0.25) is 5.91 Å². The van der Waals surface area contributed by atoms with Crippen LogP contribution in [0.25, 0.3) is 0 Å². The van der Waals surface area contributed by atoms with Crippen molar-refractivity contribution >= 4 is 23.1 Å². The highest BCUT2D eigenvalue weighted by molar-refractivity contribution is 6.01. The van der Waals surface area contributed by atoms with E-state index in [0.29, 0.717) is 13.0 Å². The van der Waals surface area contributed by atoms with E-state index in [2.05, 4.69) is 34.4 Å². The summed E-state index contributed by atoms with van der Waals surface area (Å²) in [5.74, 6) is 0.00308. The SMILES string of the molecule is CC1(C)CC(=O)C2=C(C1)Nc1ccccc1N(CC(=O)NCc1ccccn1)[C@H]2c1ccccc1. The van der Waals surface area contributed by atoms with Crippen LogP contribution in [0.4, 0.5) is 11.4 Å². The van der Waals surface area contributed by atoms with E-state index in [-0.39, 0.29) is 29.7 Å².